The molecule has 0 aliphatic carbocycles. The molecule has 0 unspecified atom stereocenters. The van der Waals surface area contributed by atoms with Crippen LogP contribution in [0.2, 0.25) is 0 Å². The fraction of sp³-hybridized carbons (Fsp3) is 0.444. The van der Waals surface area contributed by atoms with Crippen molar-refractivity contribution in [2.45, 2.75) is 32.2 Å². The molecule has 2 N–H and O–H groups in total. The average molecular weight is 330 g/mol. The van der Waals surface area contributed by atoms with Gasteiger partial charge in [-0.05, 0) is 38.3 Å². The molecular formula is C18H22N2O4. The van der Waals surface area contributed by atoms with E-state index in [2.05, 4.69) is 10.6 Å². The molecule has 3 rings (SSSR count). The number of nitrogens with one attached hydrogen (secondary N) is 2. The molecule has 1 atom stereocenters. The van der Waals surface area contributed by atoms with E-state index in [-0.39, 0.29) is 18.4 Å². The van der Waals surface area contributed by atoms with Crippen molar-refractivity contribution in [3.8, 4) is 11.5 Å². The zero-order valence-electron chi connectivity index (χ0n) is 13.8. The van der Waals surface area contributed by atoms with Gasteiger partial charge in [-0.3, -0.25) is 9.59 Å². The summed E-state index contributed by atoms with van der Waals surface area (Å²) in [6.07, 6.45) is 4.32. The summed E-state index contributed by atoms with van der Waals surface area (Å²) in [7, 11) is 0. The number of carbonyl (C=O) groups is 2. The Morgan fingerprint density at radius 2 is 2.29 bits per heavy atom. The number of benzene rings is 1. The molecule has 0 spiro atoms. The monoisotopic (exact) mass is 330 g/mol. The van der Waals surface area contributed by atoms with Crippen LogP contribution in [0.1, 0.15) is 31.7 Å². The number of para-hydroxylation sites is 1. The minimum absolute atomic E-state index is 0.114. The quantitative estimate of drug-likeness (QED) is 0.880. The fourth-order valence-corrected chi connectivity index (χ4v) is 2.91. The van der Waals surface area contributed by atoms with Crippen molar-refractivity contribution in [1.82, 2.24) is 10.6 Å². The molecule has 6 nitrogen and oxygen atoms in total. The zero-order chi connectivity index (χ0) is 16.9. The Morgan fingerprint density at radius 3 is 3.12 bits per heavy atom. The van der Waals surface area contributed by atoms with Gasteiger partial charge in [0.25, 0.3) is 5.91 Å². The molecule has 0 saturated carbocycles. The molecule has 1 aromatic carbocycles. The first kappa shape index (κ1) is 16.4. The first-order valence-electron chi connectivity index (χ1n) is 8.37. The second kappa shape index (κ2) is 7.38. The summed E-state index contributed by atoms with van der Waals surface area (Å²) >= 11 is 0. The van der Waals surface area contributed by atoms with Gasteiger partial charge in [0.15, 0.2) is 11.5 Å². The molecule has 24 heavy (non-hydrogen) atoms. The minimum Gasteiger partial charge on any atom is -0.490 e. The Hall–Kier alpha value is -2.50. The fourth-order valence-electron chi connectivity index (χ4n) is 2.91. The predicted octanol–water partition coefficient (Wildman–Crippen LogP) is 1.65. The lowest BCUT2D eigenvalue weighted by atomic mass is 10.1. The Labute approximate surface area is 141 Å². The normalized spacial score (nSPS) is 20.0. The van der Waals surface area contributed by atoms with Crippen LogP contribution >= 0.6 is 0 Å². The van der Waals surface area contributed by atoms with E-state index >= 15 is 0 Å². The van der Waals surface area contributed by atoms with Gasteiger partial charge in [-0.1, -0.05) is 12.1 Å². The number of fused-ring (bicyclic) bond motifs is 1. The molecule has 0 radical (unpaired) electrons. The van der Waals surface area contributed by atoms with Crippen LogP contribution in [-0.2, 0) is 9.59 Å². The first-order valence-corrected chi connectivity index (χ1v) is 8.37. The molecule has 1 fully saturated rings. The number of hydrogen-bond donors (Lipinski definition) is 2. The Morgan fingerprint density at radius 1 is 1.42 bits per heavy atom. The van der Waals surface area contributed by atoms with E-state index in [4.69, 9.17) is 9.47 Å². The van der Waals surface area contributed by atoms with Gasteiger partial charge in [0.05, 0.1) is 12.2 Å². The predicted molar refractivity (Wildman–Crippen MR) is 89.9 cm³/mol. The molecule has 1 aromatic rings. The van der Waals surface area contributed by atoms with Crippen molar-refractivity contribution >= 4 is 17.9 Å². The number of rotatable bonds is 4. The summed E-state index contributed by atoms with van der Waals surface area (Å²) in [6, 6.07) is 5.11. The number of ether oxygens (including phenoxy) is 2. The van der Waals surface area contributed by atoms with Crippen LogP contribution in [-0.4, -0.2) is 37.6 Å². The van der Waals surface area contributed by atoms with E-state index in [1.165, 1.54) is 0 Å². The Bertz CT molecular complexity index is 669. The molecule has 128 valence electrons. The molecule has 0 aromatic heterocycles. The van der Waals surface area contributed by atoms with E-state index in [1.807, 2.05) is 25.1 Å². The summed E-state index contributed by atoms with van der Waals surface area (Å²) in [4.78, 5) is 24.4. The maximum absolute atomic E-state index is 12.5. The molecule has 2 heterocycles. The standard InChI is InChI=1S/C18H22N2O4/c1-2-23-15-8-5-6-12-10-13(11-24-16(12)15)17(21)20-14-7-3-4-9-19-18(14)22/h5-6,8,10,14H,2-4,7,9,11H2,1H3,(H,19,22)(H,20,21)/t14-/m1/s1. The maximum Gasteiger partial charge on any atom is 0.251 e. The van der Waals surface area contributed by atoms with Crippen molar-refractivity contribution in [1.29, 1.82) is 0 Å². The number of hydrogen-bond acceptors (Lipinski definition) is 4. The lowest BCUT2D eigenvalue weighted by Gasteiger charge is -2.21. The van der Waals surface area contributed by atoms with Crippen molar-refractivity contribution in [3.05, 3.63) is 29.3 Å². The van der Waals surface area contributed by atoms with Crippen molar-refractivity contribution in [2.24, 2.45) is 0 Å². The van der Waals surface area contributed by atoms with E-state index in [1.54, 1.807) is 6.08 Å². The van der Waals surface area contributed by atoms with E-state index in [0.29, 0.717) is 36.6 Å². The Balaban J connectivity index is 1.74. The van der Waals surface area contributed by atoms with E-state index < -0.39 is 6.04 Å². The highest BCUT2D eigenvalue weighted by Crippen LogP contribution is 2.35. The first-order chi connectivity index (χ1) is 11.7. The van der Waals surface area contributed by atoms with Crippen LogP contribution in [0.4, 0.5) is 0 Å². The molecule has 1 saturated heterocycles. The lowest BCUT2D eigenvalue weighted by molar-refractivity contribution is -0.127. The smallest absolute Gasteiger partial charge is 0.251 e. The van der Waals surface area contributed by atoms with Crippen LogP contribution < -0.4 is 20.1 Å². The SMILES string of the molecule is CCOc1cccc2c1OCC(C(=O)N[C@@H]1CCCCNC1=O)=C2. The average Bonchev–Trinajstić information content (AvgIpc) is 2.79. The summed E-state index contributed by atoms with van der Waals surface area (Å²) in [6.45, 7) is 3.30. The van der Waals surface area contributed by atoms with Crippen LogP contribution in [0.5, 0.6) is 11.5 Å². The lowest BCUT2D eigenvalue weighted by Crippen LogP contribution is -2.46. The molecular weight excluding hydrogens is 308 g/mol. The largest absolute Gasteiger partial charge is 0.490 e. The summed E-state index contributed by atoms with van der Waals surface area (Å²) in [5, 5.41) is 5.64. The minimum atomic E-state index is -0.475. The van der Waals surface area contributed by atoms with Gasteiger partial charge in [-0.25, -0.2) is 0 Å². The zero-order valence-corrected chi connectivity index (χ0v) is 13.8. The molecule has 0 bridgehead atoms. The van der Waals surface area contributed by atoms with Crippen LogP contribution in [0.3, 0.4) is 0 Å². The van der Waals surface area contributed by atoms with Gasteiger partial charge in [0.1, 0.15) is 12.6 Å². The highest BCUT2D eigenvalue weighted by molar-refractivity contribution is 6.01. The van der Waals surface area contributed by atoms with Crippen molar-refractivity contribution < 1.29 is 19.1 Å². The van der Waals surface area contributed by atoms with Crippen LogP contribution in [0.15, 0.2) is 23.8 Å². The second-order valence-corrected chi connectivity index (χ2v) is 5.88. The number of carbonyl (C=O) groups excluding carboxylic acids is 2. The summed E-state index contributed by atoms with van der Waals surface area (Å²) < 4.78 is 11.3. The topological polar surface area (TPSA) is 76.7 Å². The third kappa shape index (κ3) is 3.53. The maximum atomic E-state index is 12.5. The Kier molecular flexibility index (Phi) is 5.03. The summed E-state index contributed by atoms with van der Waals surface area (Å²) in [5.41, 5.74) is 1.32. The van der Waals surface area contributed by atoms with Gasteiger partial charge in [-0.15, -0.1) is 0 Å². The highest BCUT2D eigenvalue weighted by Gasteiger charge is 2.26. The number of amides is 2. The third-order valence-corrected chi connectivity index (χ3v) is 4.14. The summed E-state index contributed by atoms with van der Waals surface area (Å²) in [5.74, 6) is 0.957. The van der Waals surface area contributed by atoms with E-state index in [9.17, 15) is 9.59 Å². The molecule has 2 aliphatic heterocycles. The molecule has 2 aliphatic rings. The van der Waals surface area contributed by atoms with Gasteiger partial charge in [0, 0.05) is 12.1 Å². The van der Waals surface area contributed by atoms with Gasteiger partial charge >= 0.3 is 0 Å². The molecule has 6 heteroatoms. The molecule has 2 amide bonds. The van der Waals surface area contributed by atoms with Crippen LogP contribution in [0.25, 0.3) is 6.08 Å². The van der Waals surface area contributed by atoms with Crippen molar-refractivity contribution in [3.63, 3.8) is 0 Å². The van der Waals surface area contributed by atoms with Gasteiger partial charge in [0.2, 0.25) is 5.91 Å². The van der Waals surface area contributed by atoms with Gasteiger partial charge in [-0.2, -0.15) is 0 Å². The highest BCUT2D eigenvalue weighted by atomic mass is 16.5. The van der Waals surface area contributed by atoms with Crippen LogP contribution in [0, 0.1) is 0 Å². The third-order valence-electron chi connectivity index (χ3n) is 4.14. The van der Waals surface area contributed by atoms with Gasteiger partial charge < -0.3 is 20.1 Å². The van der Waals surface area contributed by atoms with E-state index in [0.717, 1.165) is 18.4 Å². The second-order valence-electron chi connectivity index (χ2n) is 5.88. The van der Waals surface area contributed by atoms with Crippen molar-refractivity contribution in [2.75, 3.05) is 19.8 Å².